The maximum absolute atomic E-state index is 14.1. The normalized spacial score (nSPS) is 22.5. The summed E-state index contributed by atoms with van der Waals surface area (Å²) in [6.45, 7) is 22.6. The Balaban J connectivity index is 0.000000130. The molecule has 3 aliphatic heterocycles. The molecule has 18 heteroatoms. The molecule has 96 heavy (non-hydrogen) atoms. The van der Waals surface area contributed by atoms with Crippen LogP contribution in [0.15, 0.2) is 218 Å². The van der Waals surface area contributed by atoms with E-state index in [9.17, 15) is 14.4 Å². The van der Waals surface area contributed by atoms with E-state index in [1.54, 1.807) is 0 Å². The maximum Gasteiger partial charge on any atom is 0.330 e. The van der Waals surface area contributed by atoms with Gasteiger partial charge in [0.15, 0.2) is 17.1 Å². The number of hydrogen-bond donors (Lipinski definition) is 0. The van der Waals surface area contributed by atoms with Crippen LogP contribution in [0.5, 0.6) is 0 Å². The van der Waals surface area contributed by atoms with Crippen molar-refractivity contribution >= 4 is 139 Å². The van der Waals surface area contributed by atoms with E-state index in [4.69, 9.17) is 89.3 Å². The van der Waals surface area contributed by atoms with E-state index in [0.717, 1.165) is 128 Å². The zero-order valence-electron chi connectivity index (χ0n) is 52.0. The summed E-state index contributed by atoms with van der Waals surface area (Å²) >= 11 is 36.9. The zero-order valence-corrected chi connectivity index (χ0v) is 56.6. The molecular formula is C78H63Cl6N9O3. The minimum absolute atomic E-state index is 0.0680. The molecule has 6 amide bonds. The lowest BCUT2D eigenvalue weighted by molar-refractivity contribution is 0.251. The molecule has 6 aliphatic rings. The van der Waals surface area contributed by atoms with Gasteiger partial charge >= 0.3 is 18.1 Å². The van der Waals surface area contributed by atoms with Gasteiger partial charge in [-0.15, -0.1) is 0 Å². The van der Waals surface area contributed by atoms with Gasteiger partial charge < -0.3 is 0 Å². The summed E-state index contributed by atoms with van der Waals surface area (Å²) in [5.74, 6) is 0. The van der Waals surface area contributed by atoms with Crippen LogP contribution in [0.2, 0.25) is 30.1 Å². The van der Waals surface area contributed by atoms with Crippen LogP contribution in [0.3, 0.4) is 0 Å². The highest BCUT2D eigenvalue weighted by Gasteiger charge is 2.62. The largest absolute Gasteiger partial charge is 0.330 e. The summed E-state index contributed by atoms with van der Waals surface area (Å²) in [6.07, 6.45) is 11.2. The van der Waals surface area contributed by atoms with Gasteiger partial charge in [-0.2, -0.15) is 0 Å². The highest BCUT2D eigenvalue weighted by atomic mass is 35.5. The van der Waals surface area contributed by atoms with Crippen molar-refractivity contribution in [1.82, 2.24) is 0 Å². The summed E-state index contributed by atoms with van der Waals surface area (Å²) < 4.78 is 0. The van der Waals surface area contributed by atoms with Gasteiger partial charge in [-0.05, 0) is 201 Å². The lowest BCUT2D eigenvalue weighted by atomic mass is 9.72. The van der Waals surface area contributed by atoms with Crippen LogP contribution in [0, 0.1) is 19.7 Å². The number of anilines is 6. The number of halogens is 6. The minimum atomic E-state index is -0.580. The molecule has 9 aromatic carbocycles. The smallest absolute Gasteiger partial charge is 0.288 e. The van der Waals surface area contributed by atoms with E-state index < -0.39 is 16.6 Å². The molecule has 0 radical (unpaired) electrons. The van der Waals surface area contributed by atoms with E-state index in [-0.39, 0.29) is 36.2 Å². The molecule has 15 rings (SSSR count). The van der Waals surface area contributed by atoms with Gasteiger partial charge in [-0.25, -0.2) is 28.9 Å². The number of rotatable bonds is 9. The van der Waals surface area contributed by atoms with Gasteiger partial charge in [0, 0.05) is 64.3 Å². The SMILES string of the molecule is [C-]#[N+]c1cccc(C23CCCCC2N(c2ccc(Cl)cc2)C(=O)N3c2ccc(Cl)cc2)c1.[C-]#[N+]c1cccc([C@@]23CCCC[C@@H]2N(c2ccc(Cl)cc2)C(=O)N3c2ccc(Cl)cc2)c1.[C-]#[N+]c1cccc([C@]23CCCC[C@H]2N(c2ccc(Cl)cc2)C(=O)N3c2ccc(Cl)cc2)c1. The van der Waals surface area contributed by atoms with Gasteiger partial charge in [-0.3, -0.25) is 29.4 Å². The molecule has 12 nitrogen and oxygen atoms in total. The predicted molar refractivity (Wildman–Crippen MR) is 390 cm³/mol. The molecule has 0 N–H and O–H groups in total. The van der Waals surface area contributed by atoms with E-state index in [1.165, 1.54) is 0 Å². The molecule has 6 fully saturated rings. The molecule has 2 unspecified atom stereocenters. The third-order valence-electron chi connectivity index (χ3n) is 19.8. The Morgan fingerprint density at radius 2 is 0.521 bits per heavy atom. The molecule has 3 saturated heterocycles. The fraction of sp³-hybridized carbons (Fsp3) is 0.231. The molecule has 3 aliphatic carbocycles. The first-order chi connectivity index (χ1) is 46.6. The Morgan fingerprint density at radius 3 is 0.740 bits per heavy atom. The van der Waals surface area contributed by atoms with Crippen molar-refractivity contribution in [3.63, 3.8) is 0 Å². The Bertz CT molecular complexity index is 4070. The molecule has 6 atom stereocenters. The second kappa shape index (κ2) is 27.6. The summed E-state index contributed by atoms with van der Waals surface area (Å²) in [5, 5.41) is 3.77. The average molecular weight is 1390 g/mol. The zero-order chi connectivity index (χ0) is 66.9. The van der Waals surface area contributed by atoms with Crippen LogP contribution < -0.4 is 29.4 Å². The number of hydrogen-bond acceptors (Lipinski definition) is 3. The standard InChI is InChI=1S/3C26H21Cl2N3O/c3*1-29-21-6-4-5-18(17-21)26-16-3-2-7-24(26)30(22-12-8-19(27)9-13-22)25(32)31(26)23-14-10-20(28)11-15-23/h3*4-6,8-15,17,24H,2-3,7,16H2/t2*24-,26-;/m10./s1. The van der Waals surface area contributed by atoms with Crippen molar-refractivity contribution in [2.24, 2.45) is 0 Å². The molecule has 0 aromatic heterocycles. The van der Waals surface area contributed by atoms with Crippen molar-refractivity contribution in [3.05, 3.63) is 299 Å². The summed E-state index contributed by atoms with van der Waals surface area (Å²) in [5.41, 5.74) is 7.87. The van der Waals surface area contributed by atoms with E-state index in [1.807, 2.05) is 230 Å². The number of nitrogens with zero attached hydrogens (tertiary/aromatic N) is 9. The first kappa shape index (κ1) is 65.7. The van der Waals surface area contributed by atoms with Crippen LogP contribution in [0.4, 0.5) is 65.6 Å². The molecule has 3 heterocycles. The molecule has 480 valence electrons. The molecular weight excluding hydrogens is 1320 g/mol. The number of fused-ring (bicyclic) bond motifs is 3. The topological polar surface area (TPSA) is 83.7 Å². The van der Waals surface area contributed by atoms with Crippen molar-refractivity contribution in [2.75, 3.05) is 29.4 Å². The first-order valence-electron chi connectivity index (χ1n) is 32.0. The van der Waals surface area contributed by atoms with Gasteiger partial charge in [0.2, 0.25) is 0 Å². The summed E-state index contributed by atoms with van der Waals surface area (Å²) in [6, 6.07) is 67.3. The molecule has 0 bridgehead atoms. The Labute approximate surface area is 589 Å². The first-order valence-corrected chi connectivity index (χ1v) is 34.3. The second-order valence-corrected chi connectivity index (χ2v) is 27.5. The highest BCUT2D eigenvalue weighted by molar-refractivity contribution is 6.32. The number of benzene rings is 9. The number of carbonyl (C=O) groups excluding carboxylic acids is 3. The van der Waals surface area contributed by atoms with Crippen LogP contribution in [0.1, 0.15) is 93.7 Å². The second-order valence-electron chi connectivity index (χ2n) is 24.9. The Kier molecular flexibility index (Phi) is 18.9. The van der Waals surface area contributed by atoms with Crippen LogP contribution in [-0.4, -0.2) is 36.2 Å². The number of urea groups is 3. The van der Waals surface area contributed by atoms with Crippen molar-refractivity contribution < 1.29 is 14.4 Å². The van der Waals surface area contributed by atoms with Gasteiger partial charge in [0.1, 0.15) is 0 Å². The average Bonchev–Trinajstić information content (AvgIpc) is 1.56. The molecule has 9 aromatic rings. The van der Waals surface area contributed by atoms with Gasteiger partial charge in [-0.1, -0.05) is 181 Å². The minimum Gasteiger partial charge on any atom is -0.288 e. The molecule has 0 spiro atoms. The fourth-order valence-electron chi connectivity index (χ4n) is 15.9. The number of carbonyl (C=O) groups is 3. The lowest BCUT2D eigenvalue weighted by Gasteiger charge is -2.45. The lowest BCUT2D eigenvalue weighted by Crippen LogP contribution is -2.51. The van der Waals surface area contributed by atoms with Gasteiger partial charge in [0.05, 0.1) is 54.5 Å². The van der Waals surface area contributed by atoms with E-state index in [2.05, 4.69) is 32.7 Å². The van der Waals surface area contributed by atoms with Crippen LogP contribution >= 0.6 is 69.6 Å². The Morgan fingerprint density at radius 1 is 0.302 bits per heavy atom. The van der Waals surface area contributed by atoms with Crippen LogP contribution in [0.25, 0.3) is 14.5 Å². The van der Waals surface area contributed by atoms with E-state index >= 15 is 0 Å². The summed E-state index contributed by atoms with van der Waals surface area (Å²) in [7, 11) is 0. The maximum atomic E-state index is 14.1. The van der Waals surface area contributed by atoms with E-state index in [0.29, 0.717) is 47.2 Å². The highest BCUT2D eigenvalue weighted by Crippen LogP contribution is 2.57. The fourth-order valence-corrected chi connectivity index (χ4v) is 16.6. The monoisotopic (exact) mass is 1380 g/mol. The van der Waals surface area contributed by atoms with Crippen molar-refractivity contribution in [2.45, 2.75) is 112 Å². The van der Waals surface area contributed by atoms with Crippen molar-refractivity contribution in [1.29, 1.82) is 0 Å². The quantitative estimate of drug-likeness (QED) is 0.135. The van der Waals surface area contributed by atoms with Gasteiger partial charge in [0.25, 0.3) is 0 Å². The third kappa shape index (κ3) is 11.8. The Hall–Kier alpha value is -9.00. The number of amides is 6. The van der Waals surface area contributed by atoms with Crippen molar-refractivity contribution in [3.8, 4) is 0 Å². The molecule has 3 saturated carbocycles. The van der Waals surface area contributed by atoms with Crippen LogP contribution in [-0.2, 0) is 16.6 Å². The summed E-state index contributed by atoms with van der Waals surface area (Å²) in [4.78, 5) is 64.8. The predicted octanol–water partition coefficient (Wildman–Crippen LogP) is 23.5. The third-order valence-corrected chi connectivity index (χ3v) is 21.3.